The second-order valence-electron chi connectivity index (χ2n) is 7.54. The minimum Gasteiger partial charge on any atom is -0.382 e. The lowest BCUT2D eigenvalue weighted by molar-refractivity contribution is -0.137. The number of amides is 1. The van der Waals surface area contributed by atoms with Gasteiger partial charge in [0.2, 0.25) is 0 Å². The van der Waals surface area contributed by atoms with Crippen molar-refractivity contribution < 1.29 is 18.0 Å². The number of halogens is 3. The summed E-state index contributed by atoms with van der Waals surface area (Å²) in [4.78, 5) is 23.3. The number of rotatable bonds is 3. The fourth-order valence-corrected chi connectivity index (χ4v) is 3.58. The molecule has 0 spiro atoms. The van der Waals surface area contributed by atoms with Crippen LogP contribution in [0.15, 0.2) is 54.7 Å². The van der Waals surface area contributed by atoms with Crippen molar-refractivity contribution in [2.24, 2.45) is 0 Å². The van der Waals surface area contributed by atoms with E-state index in [0.29, 0.717) is 35.6 Å². The summed E-state index contributed by atoms with van der Waals surface area (Å²) in [7, 11) is 0. The van der Waals surface area contributed by atoms with Gasteiger partial charge in [-0.2, -0.15) is 13.2 Å². The molecule has 3 aromatic rings. The number of nitrogens with one attached hydrogen (secondary N) is 1. The zero-order chi connectivity index (χ0) is 22.7. The van der Waals surface area contributed by atoms with Crippen LogP contribution in [0.4, 0.5) is 19.0 Å². The number of carbonyl (C=O) groups excluding carboxylic acids is 1. The Bertz CT molecular complexity index is 1090. The molecule has 1 aliphatic heterocycles. The van der Waals surface area contributed by atoms with Gasteiger partial charge < -0.3 is 16.0 Å². The molecule has 1 saturated heterocycles. The Kier molecular flexibility index (Phi) is 6.09. The summed E-state index contributed by atoms with van der Waals surface area (Å²) >= 11 is 0. The summed E-state index contributed by atoms with van der Waals surface area (Å²) in [6, 6.07) is 11.7. The van der Waals surface area contributed by atoms with Gasteiger partial charge >= 0.3 is 6.18 Å². The highest BCUT2D eigenvalue weighted by Crippen LogP contribution is 2.32. The van der Waals surface area contributed by atoms with Gasteiger partial charge in [-0.15, -0.1) is 0 Å². The van der Waals surface area contributed by atoms with Crippen molar-refractivity contribution in [1.29, 1.82) is 0 Å². The summed E-state index contributed by atoms with van der Waals surface area (Å²) in [5.41, 5.74) is 7.74. The lowest BCUT2D eigenvalue weighted by Crippen LogP contribution is -2.34. The molecule has 0 radical (unpaired) electrons. The fourth-order valence-electron chi connectivity index (χ4n) is 3.58. The molecule has 0 atom stereocenters. The zero-order valence-electron chi connectivity index (χ0n) is 17.2. The van der Waals surface area contributed by atoms with Crippen LogP contribution < -0.4 is 11.1 Å². The van der Waals surface area contributed by atoms with Crippen molar-refractivity contribution in [3.8, 4) is 22.5 Å². The normalized spacial score (nSPS) is 14.8. The molecule has 1 fully saturated rings. The summed E-state index contributed by atoms with van der Waals surface area (Å²) in [6.45, 7) is 3.06. The molecule has 2 aromatic carbocycles. The van der Waals surface area contributed by atoms with Crippen LogP contribution in [0.5, 0.6) is 0 Å². The van der Waals surface area contributed by atoms with Crippen molar-refractivity contribution >= 4 is 11.7 Å². The average molecular weight is 441 g/mol. The third-order valence-corrected chi connectivity index (χ3v) is 5.34. The van der Waals surface area contributed by atoms with Gasteiger partial charge in [0.05, 0.1) is 17.5 Å². The van der Waals surface area contributed by atoms with Gasteiger partial charge in [-0.05, 0) is 37.2 Å². The highest BCUT2D eigenvalue weighted by Gasteiger charge is 2.30. The van der Waals surface area contributed by atoms with E-state index in [2.05, 4.69) is 15.3 Å². The van der Waals surface area contributed by atoms with E-state index in [9.17, 15) is 18.0 Å². The summed E-state index contributed by atoms with van der Waals surface area (Å²) < 4.78 is 38.5. The van der Waals surface area contributed by atoms with E-state index < -0.39 is 11.7 Å². The Balaban J connectivity index is 1.57. The van der Waals surface area contributed by atoms with Gasteiger partial charge in [0.1, 0.15) is 11.5 Å². The van der Waals surface area contributed by atoms with E-state index in [-0.39, 0.29) is 11.7 Å². The van der Waals surface area contributed by atoms with Crippen LogP contribution in [-0.4, -0.2) is 47.0 Å². The monoisotopic (exact) mass is 441 g/mol. The maximum Gasteiger partial charge on any atom is 0.416 e. The smallest absolute Gasteiger partial charge is 0.382 e. The Hall–Kier alpha value is -3.46. The molecule has 3 N–H and O–H groups in total. The number of aromatic nitrogens is 2. The minimum atomic E-state index is -4.42. The van der Waals surface area contributed by atoms with Crippen LogP contribution in [-0.2, 0) is 6.18 Å². The highest BCUT2D eigenvalue weighted by atomic mass is 19.4. The summed E-state index contributed by atoms with van der Waals surface area (Å²) in [5, 5.41) is 3.27. The molecular formula is C23H22F3N5O. The third kappa shape index (κ3) is 4.72. The van der Waals surface area contributed by atoms with Crippen molar-refractivity contribution in [3.05, 3.63) is 65.9 Å². The van der Waals surface area contributed by atoms with Crippen LogP contribution in [0.25, 0.3) is 22.5 Å². The lowest BCUT2D eigenvalue weighted by atomic mass is 10.1. The molecule has 1 aliphatic rings. The first-order chi connectivity index (χ1) is 15.3. The number of anilines is 1. The van der Waals surface area contributed by atoms with E-state index in [1.165, 1.54) is 18.3 Å². The number of nitrogens with zero attached hydrogens (tertiary/aromatic N) is 3. The van der Waals surface area contributed by atoms with Gasteiger partial charge in [-0.25, -0.2) is 9.97 Å². The maximum absolute atomic E-state index is 12.8. The van der Waals surface area contributed by atoms with Crippen molar-refractivity contribution in [3.63, 3.8) is 0 Å². The first kappa shape index (κ1) is 21.8. The zero-order valence-corrected chi connectivity index (χ0v) is 17.2. The Labute approximate surface area is 183 Å². The van der Waals surface area contributed by atoms with Crippen LogP contribution in [0, 0.1) is 0 Å². The number of carbonyl (C=O) groups is 1. The molecule has 6 nitrogen and oxygen atoms in total. The largest absolute Gasteiger partial charge is 0.416 e. The second-order valence-corrected chi connectivity index (χ2v) is 7.54. The number of nitrogens with two attached hydrogens (primary N) is 1. The molecule has 2 heterocycles. The van der Waals surface area contributed by atoms with Gasteiger partial charge in [-0.1, -0.05) is 24.3 Å². The average Bonchev–Trinajstić information content (AvgIpc) is 3.08. The molecule has 0 bridgehead atoms. The minimum absolute atomic E-state index is 0.0194. The third-order valence-electron chi connectivity index (χ3n) is 5.34. The molecule has 9 heteroatoms. The fraction of sp³-hybridized carbons (Fsp3) is 0.261. The van der Waals surface area contributed by atoms with Crippen molar-refractivity contribution in [2.45, 2.75) is 12.6 Å². The number of nitrogen functional groups attached to an aromatic ring is 1. The summed E-state index contributed by atoms with van der Waals surface area (Å²) in [5.74, 6) is 0.101. The van der Waals surface area contributed by atoms with Crippen LogP contribution in [0.3, 0.4) is 0 Å². The molecule has 0 aliphatic carbocycles. The van der Waals surface area contributed by atoms with Crippen LogP contribution >= 0.6 is 0 Å². The van der Waals surface area contributed by atoms with Gasteiger partial charge in [-0.3, -0.25) is 4.79 Å². The second kappa shape index (κ2) is 8.96. The number of hydrogen-bond acceptors (Lipinski definition) is 5. The standard InChI is InChI=1S/C23H22F3N5O/c24-23(25,26)18-8-6-16(7-9-18)20-21(27)29-14-19(30-20)15-2-4-17(5-3-15)22(32)31-12-1-10-28-11-13-31/h2-9,14,28H,1,10-13H2,(H2,27,29). The maximum atomic E-state index is 12.8. The van der Waals surface area contributed by atoms with E-state index in [4.69, 9.17) is 5.73 Å². The predicted molar refractivity (Wildman–Crippen MR) is 116 cm³/mol. The van der Waals surface area contributed by atoms with E-state index in [1.54, 1.807) is 24.3 Å². The van der Waals surface area contributed by atoms with Crippen molar-refractivity contribution in [2.75, 3.05) is 31.9 Å². The molecule has 0 saturated carbocycles. The number of benzene rings is 2. The summed E-state index contributed by atoms with van der Waals surface area (Å²) in [6.07, 6.45) is -2.00. The van der Waals surface area contributed by atoms with Gasteiger partial charge in [0.25, 0.3) is 5.91 Å². The first-order valence-corrected chi connectivity index (χ1v) is 10.2. The van der Waals surface area contributed by atoms with Gasteiger partial charge in [0.15, 0.2) is 0 Å². The number of alkyl halides is 3. The SMILES string of the molecule is Nc1ncc(-c2ccc(C(=O)N3CCCNCC3)cc2)nc1-c1ccc(C(F)(F)F)cc1. The molecule has 0 unspecified atom stereocenters. The van der Waals surface area contributed by atoms with E-state index >= 15 is 0 Å². The topological polar surface area (TPSA) is 84.1 Å². The Morgan fingerprint density at radius 1 is 0.969 bits per heavy atom. The quantitative estimate of drug-likeness (QED) is 0.645. The molecule has 4 rings (SSSR count). The predicted octanol–water partition coefficient (Wildman–Crippen LogP) is 3.85. The molecule has 32 heavy (non-hydrogen) atoms. The Morgan fingerprint density at radius 2 is 1.66 bits per heavy atom. The highest BCUT2D eigenvalue weighted by molar-refractivity contribution is 5.94. The van der Waals surface area contributed by atoms with Crippen LogP contribution in [0.1, 0.15) is 22.3 Å². The molecular weight excluding hydrogens is 419 g/mol. The lowest BCUT2D eigenvalue weighted by Gasteiger charge is -2.20. The first-order valence-electron chi connectivity index (χ1n) is 10.2. The molecule has 1 aromatic heterocycles. The van der Waals surface area contributed by atoms with Crippen molar-refractivity contribution in [1.82, 2.24) is 20.2 Å². The van der Waals surface area contributed by atoms with Crippen LogP contribution in [0.2, 0.25) is 0 Å². The van der Waals surface area contributed by atoms with E-state index in [1.807, 2.05) is 4.90 Å². The Morgan fingerprint density at radius 3 is 2.34 bits per heavy atom. The van der Waals surface area contributed by atoms with Gasteiger partial charge in [0, 0.05) is 36.3 Å². The molecule has 1 amide bonds. The molecule has 166 valence electrons. The van der Waals surface area contributed by atoms with E-state index in [0.717, 1.165) is 37.2 Å². The number of hydrogen-bond donors (Lipinski definition) is 2.